The van der Waals surface area contributed by atoms with Gasteiger partial charge in [0.2, 0.25) is 0 Å². The van der Waals surface area contributed by atoms with Gasteiger partial charge in [0.05, 0.1) is 13.2 Å². The molecule has 0 radical (unpaired) electrons. The number of fused-ring (bicyclic) bond motifs is 1. The average molecular weight is 354 g/mol. The molecule has 0 heterocycles. The molecule has 0 spiro atoms. The number of benzene rings is 2. The Hall–Kier alpha value is -3.02. The Kier molecular flexibility index (Phi) is 5.11. The molecule has 6 nitrogen and oxygen atoms in total. The van der Waals surface area contributed by atoms with Crippen molar-refractivity contribution in [2.24, 2.45) is 5.73 Å². The molecule has 0 aromatic heterocycles. The number of amides is 2. The zero-order valence-corrected chi connectivity index (χ0v) is 14.9. The summed E-state index contributed by atoms with van der Waals surface area (Å²) in [6.07, 6.45) is 1.89. The molecular formula is C20H22N2O4. The van der Waals surface area contributed by atoms with Gasteiger partial charge in [0.1, 0.15) is 0 Å². The van der Waals surface area contributed by atoms with E-state index in [1.165, 1.54) is 18.2 Å². The van der Waals surface area contributed by atoms with E-state index >= 15 is 0 Å². The van der Waals surface area contributed by atoms with Gasteiger partial charge >= 0.3 is 0 Å². The Morgan fingerprint density at radius 1 is 1.19 bits per heavy atom. The summed E-state index contributed by atoms with van der Waals surface area (Å²) in [7, 11) is 3.30. The van der Waals surface area contributed by atoms with Crippen LogP contribution in [0.15, 0.2) is 42.5 Å². The standard InChI is InChI=1S/C20H22N2O4/c1-22(16-9-7-13-5-3-4-6-15(13)16)20(24)14-8-10-17(18(11-14)25-2)26-12-19(21)23/h3-6,8,10-11,16H,7,9,12H2,1-2H3,(H2,21,23). The molecule has 0 fully saturated rings. The molecule has 26 heavy (non-hydrogen) atoms. The van der Waals surface area contributed by atoms with Gasteiger partial charge in [0.15, 0.2) is 18.1 Å². The Balaban J connectivity index is 1.80. The first-order chi connectivity index (χ1) is 12.5. The zero-order chi connectivity index (χ0) is 18.7. The minimum absolute atomic E-state index is 0.0653. The molecule has 1 unspecified atom stereocenters. The van der Waals surface area contributed by atoms with E-state index in [1.807, 2.05) is 19.2 Å². The highest BCUT2D eigenvalue weighted by Crippen LogP contribution is 2.36. The summed E-state index contributed by atoms with van der Waals surface area (Å²) in [6.45, 7) is -0.248. The van der Waals surface area contributed by atoms with Crippen LogP contribution in [0.5, 0.6) is 11.5 Å². The Morgan fingerprint density at radius 3 is 2.69 bits per heavy atom. The Labute approximate surface area is 152 Å². The Bertz CT molecular complexity index is 834. The fraction of sp³-hybridized carbons (Fsp3) is 0.300. The second-order valence-corrected chi connectivity index (χ2v) is 6.29. The normalized spacial score (nSPS) is 15.2. The first-order valence-corrected chi connectivity index (χ1v) is 8.45. The zero-order valence-electron chi connectivity index (χ0n) is 14.9. The van der Waals surface area contributed by atoms with Gasteiger partial charge in [-0.25, -0.2) is 0 Å². The van der Waals surface area contributed by atoms with Crippen LogP contribution in [0.3, 0.4) is 0 Å². The van der Waals surface area contributed by atoms with Crippen LogP contribution in [0.4, 0.5) is 0 Å². The first kappa shape index (κ1) is 17.8. The van der Waals surface area contributed by atoms with E-state index in [2.05, 4.69) is 12.1 Å². The number of carbonyl (C=O) groups excluding carboxylic acids is 2. The summed E-state index contributed by atoms with van der Waals surface area (Å²) < 4.78 is 10.6. The van der Waals surface area contributed by atoms with Crippen LogP contribution in [0.1, 0.15) is 33.9 Å². The average Bonchev–Trinajstić information content (AvgIpc) is 3.09. The third-order valence-corrected chi connectivity index (χ3v) is 4.67. The molecule has 0 aliphatic heterocycles. The summed E-state index contributed by atoms with van der Waals surface area (Å²) in [5, 5.41) is 0. The van der Waals surface area contributed by atoms with E-state index in [0.29, 0.717) is 17.1 Å². The molecule has 1 aliphatic carbocycles. The molecule has 2 aromatic rings. The van der Waals surface area contributed by atoms with Crippen LogP contribution >= 0.6 is 0 Å². The van der Waals surface area contributed by atoms with Crippen LogP contribution in [-0.4, -0.2) is 37.5 Å². The molecule has 1 aliphatic rings. The molecule has 2 aromatic carbocycles. The molecule has 6 heteroatoms. The van der Waals surface area contributed by atoms with Gasteiger partial charge in [-0.2, -0.15) is 0 Å². The molecule has 0 bridgehead atoms. The van der Waals surface area contributed by atoms with Crippen molar-refractivity contribution >= 4 is 11.8 Å². The van der Waals surface area contributed by atoms with E-state index in [-0.39, 0.29) is 18.6 Å². The smallest absolute Gasteiger partial charge is 0.255 e. The highest BCUT2D eigenvalue weighted by molar-refractivity contribution is 5.95. The van der Waals surface area contributed by atoms with Gasteiger partial charge in [-0.3, -0.25) is 9.59 Å². The van der Waals surface area contributed by atoms with Crippen molar-refractivity contribution < 1.29 is 19.1 Å². The number of carbonyl (C=O) groups is 2. The molecule has 136 valence electrons. The van der Waals surface area contributed by atoms with E-state index in [4.69, 9.17) is 15.2 Å². The molecule has 0 saturated heterocycles. The second-order valence-electron chi connectivity index (χ2n) is 6.29. The minimum atomic E-state index is -0.577. The quantitative estimate of drug-likeness (QED) is 0.863. The van der Waals surface area contributed by atoms with Crippen LogP contribution in [0.2, 0.25) is 0 Å². The largest absolute Gasteiger partial charge is 0.493 e. The lowest BCUT2D eigenvalue weighted by molar-refractivity contribution is -0.119. The lowest BCUT2D eigenvalue weighted by Crippen LogP contribution is -2.30. The van der Waals surface area contributed by atoms with Crippen molar-refractivity contribution in [3.8, 4) is 11.5 Å². The number of nitrogens with two attached hydrogens (primary N) is 1. The maximum atomic E-state index is 12.9. The molecule has 2 N–H and O–H groups in total. The fourth-order valence-electron chi connectivity index (χ4n) is 3.35. The van der Waals surface area contributed by atoms with Crippen molar-refractivity contribution in [1.29, 1.82) is 0 Å². The predicted molar refractivity (Wildman–Crippen MR) is 97.3 cm³/mol. The van der Waals surface area contributed by atoms with Gasteiger partial charge in [-0.15, -0.1) is 0 Å². The van der Waals surface area contributed by atoms with Crippen LogP contribution in [-0.2, 0) is 11.2 Å². The van der Waals surface area contributed by atoms with Crippen LogP contribution in [0, 0.1) is 0 Å². The van der Waals surface area contributed by atoms with Crippen molar-refractivity contribution in [2.45, 2.75) is 18.9 Å². The van der Waals surface area contributed by atoms with Crippen molar-refractivity contribution in [1.82, 2.24) is 4.90 Å². The van der Waals surface area contributed by atoms with Gasteiger partial charge in [-0.1, -0.05) is 24.3 Å². The topological polar surface area (TPSA) is 81.9 Å². The molecule has 2 amide bonds. The summed E-state index contributed by atoms with van der Waals surface area (Å²) in [6, 6.07) is 13.2. The number of primary amides is 1. The summed E-state index contributed by atoms with van der Waals surface area (Å²) in [5.41, 5.74) is 8.09. The number of aryl methyl sites for hydroxylation is 1. The van der Waals surface area contributed by atoms with E-state index < -0.39 is 5.91 Å². The lowest BCUT2D eigenvalue weighted by Gasteiger charge is -2.26. The Morgan fingerprint density at radius 2 is 1.96 bits per heavy atom. The molecule has 3 rings (SSSR count). The van der Waals surface area contributed by atoms with Crippen molar-refractivity contribution in [3.63, 3.8) is 0 Å². The number of hydrogen-bond acceptors (Lipinski definition) is 4. The monoisotopic (exact) mass is 354 g/mol. The highest BCUT2D eigenvalue weighted by atomic mass is 16.5. The fourth-order valence-corrected chi connectivity index (χ4v) is 3.35. The number of methoxy groups -OCH3 is 1. The number of rotatable bonds is 6. The predicted octanol–water partition coefficient (Wildman–Crippen LogP) is 2.32. The lowest BCUT2D eigenvalue weighted by atomic mass is 10.1. The van der Waals surface area contributed by atoms with Gasteiger partial charge in [-0.05, 0) is 42.2 Å². The van der Waals surface area contributed by atoms with Gasteiger partial charge < -0.3 is 20.1 Å². The minimum Gasteiger partial charge on any atom is -0.493 e. The summed E-state index contributed by atoms with van der Waals surface area (Å²) in [4.78, 5) is 25.6. The number of hydrogen-bond donors (Lipinski definition) is 1. The SMILES string of the molecule is COc1cc(C(=O)N(C)C2CCc3ccccc32)ccc1OCC(N)=O. The number of nitrogens with zero attached hydrogens (tertiary/aromatic N) is 1. The van der Waals surface area contributed by atoms with Gasteiger partial charge in [0, 0.05) is 12.6 Å². The molecular weight excluding hydrogens is 332 g/mol. The van der Waals surface area contributed by atoms with Crippen molar-refractivity contribution in [2.75, 3.05) is 20.8 Å². The third kappa shape index (κ3) is 3.49. The molecule has 1 atom stereocenters. The maximum absolute atomic E-state index is 12.9. The van der Waals surface area contributed by atoms with E-state index in [0.717, 1.165) is 12.8 Å². The molecule has 0 saturated carbocycles. The first-order valence-electron chi connectivity index (χ1n) is 8.45. The second kappa shape index (κ2) is 7.47. The van der Waals surface area contributed by atoms with E-state index in [1.54, 1.807) is 23.1 Å². The summed E-state index contributed by atoms with van der Waals surface area (Å²) >= 11 is 0. The summed E-state index contributed by atoms with van der Waals surface area (Å²) in [5.74, 6) is 0.0901. The highest BCUT2D eigenvalue weighted by Gasteiger charge is 2.29. The third-order valence-electron chi connectivity index (χ3n) is 4.67. The number of ether oxygens (including phenoxy) is 2. The van der Waals surface area contributed by atoms with E-state index in [9.17, 15) is 9.59 Å². The van der Waals surface area contributed by atoms with Gasteiger partial charge in [0.25, 0.3) is 11.8 Å². The van der Waals surface area contributed by atoms with Crippen LogP contribution in [0.25, 0.3) is 0 Å². The van der Waals surface area contributed by atoms with Crippen molar-refractivity contribution in [3.05, 3.63) is 59.2 Å². The van der Waals surface area contributed by atoms with Crippen LogP contribution < -0.4 is 15.2 Å². The maximum Gasteiger partial charge on any atom is 0.255 e.